The highest BCUT2D eigenvalue weighted by Gasteiger charge is 2.10. The number of pyridine rings is 1. The number of hydrogen-bond donors (Lipinski definition) is 1. The van der Waals surface area contributed by atoms with Crippen LogP contribution in [0.3, 0.4) is 0 Å². The van der Waals surface area contributed by atoms with E-state index in [0.717, 1.165) is 21.5 Å². The van der Waals surface area contributed by atoms with Crippen molar-refractivity contribution in [2.75, 3.05) is 20.0 Å². The summed E-state index contributed by atoms with van der Waals surface area (Å²) >= 11 is 7.62. The molecule has 1 heterocycles. The minimum atomic E-state index is -0.212. The Kier molecular flexibility index (Phi) is 6.95. The summed E-state index contributed by atoms with van der Waals surface area (Å²) in [6.07, 6.45) is 1.50. The Bertz CT molecular complexity index is 1070. The van der Waals surface area contributed by atoms with Crippen molar-refractivity contribution in [3.8, 4) is 11.5 Å². The Morgan fingerprint density at radius 2 is 2.03 bits per heavy atom. The second-order valence-electron chi connectivity index (χ2n) is 6.10. The number of fused-ring (bicyclic) bond motifs is 1. The van der Waals surface area contributed by atoms with Gasteiger partial charge in [-0.25, -0.2) is 5.43 Å². The summed E-state index contributed by atoms with van der Waals surface area (Å²) in [5.41, 5.74) is 5.03. The molecule has 0 bridgehead atoms. The molecule has 0 atom stereocenters. The van der Waals surface area contributed by atoms with E-state index in [2.05, 4.69) is 15.5 Å². The van der Waals surface area contributed by atoms with Gasteiger partial charge < -0.3 is 9.47 Å². The second-order valence-corrected chi connectivity index (χ2v) is 7.52. The summed E-state index contributed by atoms with van der Waals surface area (Å²) in [4.78, 5) is 17.7. The fourth-order valence-electron chi connectivity index (χ4n) is 2.76. The third-order valence-electron chi connectivity index (χ3n) is 4.02. The second kappa shape index (κ2) is 9.62. The number of para-hydroxylation sites is 1. The Hall–Kier alpha value is -2.77. The average Bonchev–Trinajstić information content (AvgIpc) is 2.71. The first-order chi connectivity index (χ1) is 14.0. The number of carbonyl (C=O) groups excluding carboxylic acids is 1. The minimum Gasteiger partial charge on any atom is -0.493 e. The molecule has 1 aromatic heterocycles. The molecular weight excluding hydrogens is 410 g/mol. The normalized spacial score (nSPS) is 11.0. The molecule has 8 heteroatoms. The number of hydrogen-bond acceptors (Lipinski definition) is 6. The van der Waals surface area contributed by atoms with E-state index in [-0.39, 0.29) is 11.7 Å². The van der Waals surface area contributed by atoms with Gasteiger partial charge in [-0.05, 0) is 36.8 Å². The average molecular weight is 430 g/mol. The van der Waals surface area contributed by atoms with Gasteiger partial charge in [-0.3, -0.25) is 9.78 Å². The molecule has 0 aliphatic heterocycles. The number of thioether (sulfide) groups is 1. The van der Waals surface area contributed by atoms with Crippen LogP contribution in [-0.4, -0.2) is 37.1 Å². The first-order valence-electron chi connectivity index (χ1n) is 8.74. The van der Waals surface area contributed by atoms with Gasteiger partial charge in [-0.2, -0.15) is 5.10 Å². The summed E-state index contributed by atoms with van der Waals surface area (Å²) in [6, 6.07) is 13.3. The minimum absolute atomic E-state index is 0.212. The van der Waals surface area contributed by atoms with Crippen LogP contribution in [0.2, 0.25) is 5.02 Å². The molecule has 150 valence electrons. The maximum absolute atomic E-state index is 12.2. The van der Waals surface area contributed by atoms with Crippen molar-refractivity contribution < 1.29 is 14.3 Å². The molecule has 3 aromatic rings. The Balaban J connectivity index is 1.63. The molecule has 0 unspecified atom stereocenters. The summed E-state index contributed by atoms with van der Waals surface area (Å²) < 4.78 is 10.4. The molecule has 3 rings (SSSR count). The smallest absolute Gasteiger partial charge is 0.250 e. The van der Waals surface area contributed by atoms with E-state index in [1.54, 1.807) is 12.1 Å². The van der Waals surface area contributed by atoms with E-state index in [9.17, 15) is 4.79 Å². The quantitative estimate of drug-likeness (QED) is 0.341. The molecule has 2 aromatic carbocycles. The summed E-state index contributed by atoms with van der Waals surface area (Å²) in [7, 11) is 3.04. The number of rotatable bonds is 7. The zero-order chi connectivity index (χ0) is 20.8. The Morgan fingerprint density at radius 1 is 1.24 bits per heavy atom. The van der Waals surface area contributed by atoms with Crippen LogP contribution in [0.15, 0.2) is 52.5 Å². The third-order valence-corrected chi connectivity index (χ3v) is 5.36. The molecule has 0 aliphatic carbocycles. The maximum atomic E-state index is 12.2. The van der Waals surface area contributed by atoms with Crippen LogP contribution in [0.5, 0.6) is 11.5 Å². The lowest BCUT2D eigenvalue weighted by Gasteiger charge is -2.10. The number of aromatic nitrogens is 1. The lowest BCUT2D eigenvalue weighted by molar-refractivity contribution is -0.118. The zero-order valence-electron chi connectivity index (χ0n) is 16.2. The van der Waals surface area contributed by atoms with Crippen LogP contribution in [-0.2, 0) is 4.79 Å². The van der Waals surface area contributed by atoms with E-state index in [0.29, 0.717) is 22.1 Å². The molecule has 0 saturated heterocycles. The first kappa shape index (κ1) is 21.0. The number of nitrogens with zero attached hydrogens (tertiary/aromatic N) is 2. The zero-order valence-corrected chi connectivity index (χ0v) is 17.8. The van der Waals surface area contributed by atoms with Gasteiger partial charge in [0.05, 0.1) is 36.7 Å². The fourth-order valence-corrected chi connectivity index (χ4v) is 3.98. The van der Waals surface area contributed by atoms with Crippen molar-refractivity contribution in [2.24, 2.45) is 5.10 Å². The van der Waals surface area contributed by atoms with E-state index in [4.69, 9.17) is 21.1 Å². The third kappa shape index (κ3) is 5.19. The molecule has 0 radical (unpaired) electrons. The molecule has 29 heavy (non-hydrogen) atoms. The van der Waals surface area contributed by atoms with Gasteiger partial charge in [0.2, 0.25) is 5.91 Å². The fraction of sp³-hybridized carbons (Fsp3) is 0.190. The highest BCUT2D eigenvalue weighted by atomic mass is 35.5. The van der Waals surface area contributed by atoms with Crippen LogP contribution in [0.4, 0.5) is 0 Å². The number of nitrogens with one attached hydrogen (secondary N) is 1. The number of carbonyl (C=O) groups is 1. The number of benzene rings is 2. The largest absolute Gasteiger partial charge is 0.493 e. The van der Waals surface area contributed by atoms with Gasteiger partial charge in [0.25, 0.3) is 0 Å². The number of hydrazone groups is 1. The van der Waals surface area contributed by atoms with Crippen molar-refractivity contribution in [2.45, 2.75) is 11.8 Å². The van der Waals surface area contributed by atoms with Gasteiger partial charge in [-0.1, -0.05) is 29.8 Å². The molecule has 0 saturated carbocycles. The van der Waals surface area contributed by atoms with Gasteiger partial charge in [-0.15, -0.1) is 11.8 Å². The van der Waals surface area contributed by atoms with Gasteiger partial charge >= 0.3 is 0 Å². The Morgan fingerprint density at radius 3 is 2.79 bits per heavy atom. The summed E-state index contributed by atoms with van der Waals surface area (Å²) in [5, 5.41) is 5.43. The van der Waals surface area contributed by atoms with Crippen molar-refractivity contribution in [3.05, 3.63) is 58.7 Å². The van der Waals surface area contributed by atoms with E-state index in [1.807, 2.05) is 37.3 Å². The number of ether oxygens (including phenoxy) is 2. The SMILES string of the molecule is COc1cc(/C=N/NC(=O)CSc2cc(C)nc3ccccc23)cc(Cl)c1OC. The topological polar surface area (TPSA) is 72.8 Å². The van der Waals surface area contributed by atoms with Crippen molar-refractivity contribution in [1.82, 2.24) is 10.4 Å². The van der Waals surface area contributed by atoms with Crippen molar-refractivity contribution in [1.29, 1.82) is 0 Å². The summed E-state index contributed by atoms with van der Waals surface area (Å²) in [6.45, 7) is 1.94. The van der Waals surface area contributed by atoms with Crippen LogP contribution < -0.4 is 14.9 Å². The molecular formula is C21H20ClN3O3S. The highest BCUT2D eigenvalue weighted by molar-refractivity contribution is 8.00. The predicted molar refractivity (Wildman–Crippen MR) is 117 cm³/mol. The first-order valence-corrected chi connectivity index (χ1v) is 10.1. The van der Waals surface area contributed by atoms with Crippen molar-refractivity contribution in [3.63, 3.8) is 0 Å². The Labute approximate surface area is 178 Å². The molecule has 0 fully saturated rings. The predicted octanol–water partition coefficient (Wildman–Crippen LogP) is 4.46. The summed E-state index contributed by atoms with van der Waals surface area (Å²) in [5.74, 6) is 0.962. The van der Waals surface area contributed by atoms with Gasteiger partial charge in [0.15, 0.2) is 11.5 Å². The lowest BCUT2D eigenvalue weighted by atomic mass is 10.2. The maximum Gasteiger partial charge on any atom is 0.250 e. The lowest BCUT2D eigenvalue weighted by Crippen LogP contribution is -2.19. The van der Waals surface area contributed by atoms with E-state index < -0.39 is 0 Å². The van der Waals surface area contributed by atoms with Crippen molar-refractivity contribution >= 4 is 46.4 Å². The number of aryl methyl sites for hydroxylation is 1. The molecule has 0 aliphatic rings. The van der Waals surface area contributed by atoms with E-state index >= 15 is 0 Å². The molecule has 1 amide bonds. The number of halogens is 1. The molecule has 0 spiro atoms. The number of methoxy groups -OCH3 is 2. The number of amides is 1. The van der Waals surface area contributed by atoms with Gasteiger partial charge in [0.1, 0.15) is 0 Å². The van der Waals surface area contributed by atoms with Crippen LogP contribution in [0.1, 0.15) is 11.3 Å². The van der Waals surface area contributed by atoms with E-state index in [1.165, 1.54) is 32.2 Å². The molecule has 1 N–H and O–H groups in total. The monoisotopic (exact) mass is 429 g/mol. The standard InChI is InChI=1S/C21H20ClN3O3S/c1-13-8-19(15-6-4-5-7-17(15)24-13)29-12-20(26)25-23-11-14-9-16(22)21(28-3)18(10-14)27-2/h4-11H,12H2,1-3H3,(H,25,26)/b23-11+. The molecule has 6 nitrogen and oxygen atoms in total. The van der Waals surface area contributed by atoms with Crippen LogP contribution >= 0.6 is 23.4 Å². The highest BCUT2D eigenvalue weighted by Crippen LogP contribution is 2.35. The van der Waals surface area contributed by atoms with Gasteiger partial charge in [0, 0.05) is 16.0 Å². The van der Waals surface area contributed by atoms with Crippen LogP contribution in [0.25, 0.3) is 10.9 Å². The van der Waals surface area contributed by atoms with Crippen LogP contribution in [0, 0.1) is 6.92 Å².